The summed E-state index contributed by atoms with van der Waals surface area (Å²) in [6, 6.07) is 22.7. The van der Waals surface area contributed by atoms with Crippen LogP contribution < -0.4 is 4.57 Å². The first-order valence-electron chi connectivity index (χ1n) is 11.1. The summed E-state index contributed by atoms with van der Waals surface area (Å²) in [6.45, 7) is 13.8. The third-order valence-corrected chi connectivity index (χ3v) is 6.33. The van der Waals surface area contributed by atoms with Crippen LogP contribution in [0.15, 0.2) is 60.7 Å². The second kappa shape index (κ2) is 7.54. The Bertz CT molecular complexity index is 1240. The number of hydrogen-bond donors (Lipinski definition) is 0. The van der Waals surface area contributed by atoms with Crippen molar-refractivity contribution in [2.45, 2.75) is 53.4 Å². The van der Waals surface area contributed by atoms with Crippen LogP contribution in [-0.2, 0) is 18.9 Å². The van der Waals surface area contributed by atoms with Gasteiger partial charge in [0.15, 0.2) is 0 Å². The molecule has 0 aliphatic rings. The molecule has 30 heavy (non-hydrogen) atoms. The highest BCUT2D eigenvalue weighted by Crippen LogP contribution is 2.37. The first-order chi connectivity index (χ1) is 14.2. The maximum absolute atomic E-state index is 2.43. The number of aryl methyl sites for hydroxylation is 2. The van der Waals surface area contributed by atoms with Crippen LogP contribution in [0.3, 0.4) is 0 Å². The highest BCUT2D eigenvalue weighted by atomic mass is 14.9. The first kappa shape index (κ1) is 20.6. The third-order valence-electron chi connectivity index (χ3n) is 6.33. The molecule has 4 aromatic rings. The van der Waals surface area contributed by atoms with Crippen LogP contribution in [-0.4, -0.2) is 0 Å². The molecular weight excluding hydrogens is 362 g/mol. The molecule has 1 heteroatoms. The van der Waals surface area contributed by atoms with E-state index in [0.29, 0.717) is 5.92 Å². The van der Waals surface area contributed by atoms with Crippen LogP contribution in [0.25, 0.3) is 32.9 Å². The van der Waals surface area contributed by atoms with Gasteiger partial charge in [0, 0.05) is 23.1 Å². The summed E-state index contributed by atoms with van der Waals surface area (Å²) in [6.07, 6.45) is 1.11. The zero-order valence-electron chi connectivity index (χ0n) is 19.5. The predicted molar refractivity (Wildman–Crippen MR) is 130 cm³/mol. The number of nitrogens with zero attached hydrogens (tertiary/aromatic N) is 1. The van der Waals surface area contributed by atoms with E-state index in [9.17, 15) is 0 Å². The fourth-order valence-electron chi connectivity index (χ4n) is 4.78. The molecule has 0 atom stereocenters. The molecule has 0 spiro atoms. The van der Waals surface area contributed by atoms with E-state index in [1.165, 1.54) is 49.6 Å². The number of pyridine rings is 1. The molecule has 0 radical (unpaired) electrons. The van der Waals surface area contributed by atoms with Gasteiger partial charge in [-0.15, -0.1) is 0 Å². The number of benzene rings is 3. The Balaban J connectivity index is 2.01. The van der Waals surface area contributed by atoms with Gasteiger partial charge in [-0.2, -0.15) is 4.57 Å². The van der Waals surface area contributed by atoms with E-state index in [2.05, 4.69) is 114 Å². The second-order valence-electron chi connectivity index (χ2n) is 10.1. The second-order valence-corrected chi connectivity index (χ2v) is 10.1. The topological polar surface area (TPSA) is 3.88 Å². The minimum absolute atomic E-state index is 0.0852. The summed E-state index contributed by atoms with van der Waals surface area (Å²) in [4.78, 5) is 0. The van der Waals surface area contributed by atoms with Gasteiger partial charge < -0.3 is 0 Å². The minimum atomic E-state index is 0.0852. The number of hydrogen-bond acceptors (Lipinski definition) is 0. The Morgan fingerprint density at radius 2 is 1.53 bits per heavy atom. The van der Waals surface area contributed by atoms with Gasteiger partial charge >= 0.3 is 0 Å². The molecule has 1 nitrogen and oxygen atoms in total. The smallest absolute Gasteiger partial charge is 0.194 e. The summed E-state index contributed by atoms with van der Waals surface area (Å²) in [5, 5.41) is 4.09. The highest BCUT2D eigenvalue weighted by molar-refractivity contribution is 5.94. The summed E-state index contributed by atoms with van der Waals surface area (Å²) in [5.41, 5.74) is 8.20. The molecule has 1 aromatic heterocycles. The predicted octanol–water partition coefficient (Wildman–Crippen LogP) is 7.29. The van der Waals surface area contributed by atoms with Crippen molar-refractivity contribution in [3.63, 3.8) is 0 Å². The molecule has 0 N–H and O–H groups in total. The molecular formula is C29H34N+. The van der Waals surface area contributed by atoms with E-state index in [-0.39, 0.29) is 5.41 Å². The quantitative estimate of drug-likeness (QED) is 0.320. The van der Waals surface area contributed by atoms with Crippen molar-refractivity contribution in [3.8, 4) is 11.3 Å². The number of fused-ring (bicyclic) bond motifs is 2. The SMILES string of the molecule is Cc1c(-c2ccc3c(CC(C)C)cccc3[n+]2C)cc(C(C)(C)C)c2ccccc12. The molecule has 0 fully saturated rings. The number of rotatable bonds is 3. The van der Waals surface area contributed by atoms with Gasteiger partial charge in [0.05, 0.1) is 0 Å². The van der Waals surface area contributed by atoms with Gasteiger partial charge in [0.1, 0.15) is 7.05 Å². The fourth-order valence-corrected chi connectivity index (χ4v) is 4.78. The van der Waals surface area contributed by atoms with Crippen LogP contribution in [0.5, 0.6) is 0 Å². The third kappa shape index (κ3) is 3.51. The monoisotopic (exact) mass is 396 g/mol. The van der Waals surface area contributed by atoms with E-state index >= 15 is 0 Å². The number of aromatic nitrogens is 1. The summed E-state index contributed by atoms with van der Waals surface area (Å²) in [5.74, 6) is 0.651. The van der Waals surface area contributed by atoms with Gasteiger partial charge in [-0.3, -0.25) is 0 Å². The van der Waals surface area contributed by atoms with Crippen molar-refractivity contribution in [2.24, 2.45) is 13.0 Å². The lowest BCUT2D eigenvalue weighted by molar-refractivity contribution is -0.633. The molecule has 0 aliphatic carbocycles. The Kier molecular flexibility index (Phi) is 5.18. The molecule has 0 amide bonds. The Morgan fingerprint density at radius 1 is 0.833 bits per heavy atom. The Morgan fingerprint density at radius 3 is 2.20 bits per heavy atom. The zero-order chi connectivity index (χ0) is 21.6. The van der Waals surface area contributed by atoms with Gasteiger partial charge in [-0.25, -0.2) is 0 Å². The largest absolute Gasteiger partial charge is 0.213 e. The molecule has 0 bridgehead atoms. The zero-order valence-corrected chi connectivity index (χ0v) is 19.5. The van der Waals surface area contributed by atoms with Gasteiger partial charge in [0.25, 0.3) is 0 Å². The van der Waals surface area contributed by atoms with E-state index in [1.54, 1.807) is 0 Å². The van der Waals surface area contributed by atoms with Crippen molar-refractivity contribution >= 4 is 21.7 Å². The van der Waals surface area contributed by atoms with Crippen LogP contribution in [0.4, 0.5) is 0 Å². The van der Waals surface area contributed by atoms with E-state index in [4.69, 9.17) is 0 Å². The molecule has 154 valence electrons. The summed E-state index contributed by atoms with van der Waals surface area (Å²) in [7, 11) is 2.21. The van der Waals surface area contributed by atoms with E-state index in [1.807, 2.05) is 0 Å². The molecule has 0 unspecified atom stereocenters. The standard InChI is InChI=1S/C29H34N/c1-19(2)17-21-11-10-14-27-23(21)15-16-28(30(27)7)25-18-26(29(4,5)6)24-13-9-8-12-22(24)20(25)3/h8-16,18-19H,17H2,1-7H3/q+1. The molecule has 1 heterocycles. The summed E-state index contributed by atoms with van der Waals surface area (Å²) < 4.78 is 2.38. The average molecular weight is 397 g/mol. The maximum atomic E-state index is 2.43. The molecule has 3 aromatic carbocycles. The lowest BCUT2D eigenvalue weighted by atomic mass is 9.80. The molecule has 0 aliphatic heterocycles. The van der Waals surface area contributed by atoms with Crippen molar-refractivity contribution in [1.29, 1.82) is 0 Å². The minimum Gasteiger partial charge on any atom is -0.194 e. The lowest BCUT2D eigenvalue weighted by Crippen LogP contribution is -2.32. The van der Waals surface area contributed by atoms with Crippen molar-refractivity contribution in [2.75, 3.05) is 0 Å². The fraction of sp³-hybridized carbons (Fsp3) is 0.345. The summed E-state index contributed by atoms with van der Waals surface area (Å²) >= 11 is 0. The van der Waals surface area contributed by atoms with Crippen LogP contribution in [0.2, 0.25) is 0 Å². The van der Waals surface area contributed by atoms with E-state index < -0.39 is 0 Å². The Labute approximate surface area is 181 Å². The lowest BCUT2D eigenvalue weighted by Gasteiger charge is -2.24. The van der Waals surface area contributed by atoms with Gasteiger partial charge in [-0.1, -0.05) is 71.0 Å². The first-order valence-corrected chi connectivity index (χ1v) is 11.1. The van der Waals surface area contributed by atoms with Crippen LogP contribution in [0, 0.1) is 12.8 Å². The normalized spacial score (nSPS) is 12.3. The average Bonchev–Trinajstić information content (AvgIpc) is 2.68. The Hall–Kier alpha value is -2.67. The molecule has 0 saturated heterocycles. The van der Waals surface area contributed by atoms with E-state index in [0.717, 1.165) is 6.42 Å². The van der Waals surface area contributed by atoms with Gasteiger partial charge in [0.2, 0.25) is 11.2 Å². The highest BCUT2D eigenvalue weighted by Gasteiger charge is 2.24. The maximum Gasteiger partial charge on any atom is 0.213 e. The van der Waals surface area contributed by atoms with Crippen molar-refractivity contribution < 1.29 is 4.57 Å². The van der Waals surface area contributed by atoms with Crippen LogP contribution >= 0.6 is 0 Å². The van der Waals surface area contributed by atoms with Crippen LogP contribution in [0.1, 0.15) is 51.3 Å². The van der Waals surface area contributed by atoms with Crippen molar-refractivity contribution in [1.82, 2.24) is 0 Å². The van der Waals surface area contributed by atoms with Gasteiger partial charge in [-0.05, 0) is 64.3 Å². The molecule has 4 rings (SSSR count). The molecule has 0 saturated carbocycles. The van der Waals surface area contributed by atoms with Crippen molar-refractivity contribution in [3.05, 3.63) is 77.4 Å².